The lowest BCUT2D eigenvalue weighted by Crippen LogP contribution is -2.57. The first kappa shape index (κ1) is 15.8. The number of halogens is 2. The second-order valence-electron chi connectivity index (χ2n) is 4.68. The minimum atomic E-state index is -4.30. The molecule has 0 radical (unpaired) electrons. The number of hydrogen-bond acceptors (Lipinski definition) is 4. The zero-order valence-electron chi connectivity index (χ0n) is 10.8. The molecular weight excluding hydrogens is 308 g/mol. The molecule has 1 saturated heterocycles. The molecule has 6 nitrogen and oxygen atoms in total. The fourth-order valence-electron chi connectivity index (χ4n) is 2.04. The molecule has 0 saturated carbocycles. The van der Waals surface area contributed by atoms with Crippen LogP contribution in [0.15, 0.2) is 23.1 Å². The lowest BCUT2D eigenvalue weighted by atomic mass is 9.92. The van der Waals surface area contributed by atoms with Gasteiger partial charge in [0.25, 0.3) is 0 Å². The highest BCUT2D eigenvalue weighted by molar-refractivity contribution is 7.89. The fourth-order valence-corrected chi connectivity index (χ4v) is 3.47. The van der Waals surface area contributed by atoms with Crippen molar-refractivity contribution in [3.63, 3.8) is 0 Å². The van der Waals surface area contributed by atoms with Gasteiger partial charge in [-0.3, -0.25) is 4.79 Å². The van der Waals surface area contributed by atoms with E-state index in [4.69, 9.17) is 4.74 Å². The third-order valence-electron chi connectivity index (χ3n) is 3.29. The SMILES string of the molecule is O=C(O)C1(NS(=O)(=O)c2ccc(F)c(F)c2)CCOCC1. The van der Waals surface area contributed by atoms with Crippen molar-refractivity contribution in [2.75, 3.05) is 13.2 Å². The minimum Gasteiger partial charge on any atom is -0.480 e. The van der Waals surface area contributed by atoms with Crippen LogP contribution >= 0.6 is 0 Å². The number of ether oxygens (including phenoxy) is 1. The van der Waals surface area contributed by atoms with Crippen LogP contribution in [-0.2, 0) is 19.6 Å². The number of benzene rings is 1. The Morgan fingerprint density at radius 2 is 1.86 bits per heavy atom. The number of sulfonamides is 1. The number of aliphatic carboxylic acids is 1. The van der Waals surface area contributed by atoms with Crippen LogP contribution in [0.5, 0.6) is 0 Å². The van der Waals surface area contributed by atoms with Crippen LogP contribution in [0.2, 0.25) is 0 Å². The summed E-state index contributed by atoms with van der Waals surface area (Å²) >= 11 is 0. The first-order valence-electron chi connectivity index (χ1n) is 6.07. The standard InChI is InChI=1S/C12H13F2NO5S/c13-9-2-1-8(7-10(9)14)21(18,19)15-12(11(16)17)3-5-20-6-4-12/h1-2,7,15H,3-6H2,(H,16,17). The summed E-state index contributed by atoms with van der Waals surface area (Å²) in [6.45, 7) is 0.180. The number of carboxylic acids is 1. The smallest absolute Gasteiger partial charge is 0.325 e. The van der Waals surface area contributed by atoms with Crippen molar-refractivity contribution < 1.29 is 31.8 Å². The van der Waals surface area contributed by atoms with Crippen LogP contribution in [0.1, 0.15) is 12.8 Å². The summed E-state index contributed by atoms with van der Waals surface area (Å²) in [5, 5.41) is 9.28. The monoisotopic (exact) mass is 321 g/mol. The maximum Gasteiger partial charge on any atom is 0.325 e. The van der Waals surface area contributed by atoms with Crippen molar-refractivity contribution in [3.05, 3.63) is 29.8 Å². The van der Waals surface area contributed by atoms with Gasteiger partial charge in [0.05, 0.1) is 4.90 Å². The molecule has 1 aromatic carbocycles. The molecule has 21 heavy (non-hydrogen) atoms. The van der Waals surface area contributed by atoms with Gasteiger partial charge in [-0.15, -0.1) is 0 Å². The van der Waals surface area contributed by atoms with Crippen molar-refractivity contribution in [2.45, 2.75) is 23.3 Å². The summed E-state index contributed by atoms with van der Waals surface area (Å²) in [4.78, 5) is 10.9. The highest BCUT2D eigenvalue weighted by Crippen LogP contribution is 2.24. The van der Waals surface area contributed by atoms with E-state index in [0.29, 0.717) is 12.1 Å². The van der Waals surface area contributed by atoms with Crippen LogP contribution in [0.3, 0.4) is 0 Å². The molecule has 2 N–H and O–H groups in total. The lowest BCUT2D eigenvalue weighted by Gasteiger charge is -2.33. The maximum absolute atomic E-state index is 13.1. The third-order valence-corrected chi connectivity index (χ3v) is 4.82. The third kappa shape index (κ3) is 3.20. The van der Waals surface area contributed by atoms with Crippen LogP contribution in [-0.4, -0.2) is 38.2 Å². The van der Waals surface area contributed by atoms with Gasteiger partial charge in [0.1, 0.15) is 5.54 Å². The Balaban J connectivity index is 2.34. The largest absolute Gasteiger partial charge is 0.480 e. The Kier molecular flexibility index (Phi) is 4.26. The highest BCUT2D eigenvalue weighted by Gasteiger charge is 2.43. The minimum absolute atomic E-state index is 0.0504. The zero-order valence-corrected chi connectivity index (χ0v) is 11.6. The molecule has 2 rings (SSSR count). The maximum atomic E-state index is 13.1. The topological polar surface area (TPSA) is 92.7 Å². The summed E-state index contributed by atoms with van der Waals surface area (Å²) in [6.07, 6.45) is -0.101. The van der Waals surface area contributed by atoms with Crippen molar-refractivity contribution in [1.82, 2.24) is 4.72 Å². The molecule has 1 aromatic rings. The van der Waals surface area contributed by atoms with E-state index in [-0.39, 0.29) is 26.1 Å². The molecule has 9 heteroatoms. The quantitative estimate of drug-likeness (QED) is 0.859. The average Bonchev–Trinajstić information content (AvgIpc) is 2.42. The molecular formula is C12H13F2NO5S. The van der Waals surface area contributed by atoms with Gasteiger partial charge in [-0.05, 0) is 18.2 Å². The van der Waals surface area contributed by atoms with E-state index in [9.17, 15) is 27.1 Å². The summed E-state index contributed by atoms with van der Waals surface area (Å²) in [5.41, 5.74) is -1.71. The van der Waals surface area contributed by atoms with E-state index in [1.165, 1.54) is 0 Å². The number of carboxylic acid groups (broad SMARTS) is 1. The normalized spacial score (nSPS) is 18.4. The van der Waals surface area contributed by atoms with E-state index >= 15 is 0 Å². The van der Waals surface area contributed by atoms with Gasteiger partial charge >= 0.3 is 5.97 Å². The number of carbonyl (C=O) groups is 1. The van der Waals surface area contributed by atoms with Gasteiger partial charge in [0.15, 0.2) is 11.6 Å². The van der Waals surface area contributed by atoms with Gasteiger partial charge in [-0.1, -0.05) is 0 Å². The van der Waals surface area contributed by atoms with Crippen LogP contribution in [0.4, 0.5) is 8.78 Å². The first-order chi connectivity index (χ1) is 9.77. The molecule has 0 spiro atoms. The van der Waals surface area contributed by atoms with E-state index in [2.05, 4.69) is 4.72 Å². The number of nitrogens with one attached hydrogen (secondary N) is 1. The van der Waals surface area contributed by atoms with E-state index in [1.807, 2.05) is 0 Å². The van der Waals surface area contributed by atoms with E-state index in [1.54, 1.807) is 0 Å². The number of rotatable bonds is 4. The molecule has 1 aliphatic heterocycles. The van der Waals surface area contributed by atoms with Gasteiger partial charge in [-0.2, -0.15) is 4.72 Å². The Labute approximate surface area is 119 Å². The molecule has 1 heterocycles. The van der Waals surface area contributed by atoms with Gasteiger partial charge < -0.3 is 9.84 Å². The average molecular weight is 321 g/mol. The van der Waals surface area contributed by atoms with Crippen LogP contribution in [0, 0.1) is 11.6 Å². The molecule has 0 unspecified atom stereocenters. The molecule has 0 bridgehead atoms. The number of hydrogen-bond donors (Lipinski definition) is 2. The predicted molar refractivity (Wildman–Crippen MR) is 67.1 cm³/mol. The second-order valence-corrected chi connectivity index (χ2v) is 6.36. The van der Waals surface area contributed by atoms with Gasteiger partial charge in [0.2, 0.25) is 10.0 Å². The lowest BCUT2D eigenvalue weighted by molar-refractivity contribution is -0.147. The Morgan fingerprint density at radius 1 is 1.24 bits per heavy atom. The molecule has 116 valence electrons. The van der Waals surface area contributed by atoms with Crippen molar-refractivity contribution in [1.29, 1.82) is 0 Å². The molecule has 0 atom stereocenters. The van der Waals surface area contributed by atoms with E-state index in [0.717, 1.165) is 6.07 Å². The van der Waals surface area contributed by atoms with Gasteiger partial charge in [0, 0.05) is 26.1 Å². The highest BCUT2D eigenvalue weighted by atomic mass is 32.2. The van der Waals surface area contributed by atoms with E-state index < -0.39 is 38.1 Å². The first-order valence-corrected chi connectivity index (χ1v) is 7.55. The Hall–Kier alpha value is -1.58. The fraction of sp³-hybridized carbons (Fsp3) is 0.417. The van der Waals surface area contributed by atoms with Crippen LogP contribution < -0.4 is 4.72 Å². The zero-order chi connectivity index (χ0) is 15.7. The molecule has 0 amide bonds. The Bertz CT molecular complexity index is 656. The molecule has 1 aliphatic rings. The summed E-state index contributed by atoms with van der Waals surface area (Å²) in [6, 6.07) is 2.05. The molecule has 0 aliphatic carbocycles. The van der Waals surface area contributed by atoms with Gasteiger partial charge in [-0.25, -0.2) is 17.2 Å². The van der Waals surface area contributed by atoms with Crippen molar-refractivity contribution in [2.24, 2.45) is 0 Å². The summed E-state index contributed by atoms with van der Waals surface area (Å²) in [7, 11) is -4.30. The molecule has 1 fully saturated rings. The molecule has 0 aromatic heterocycles. The predicted octanol–water partition coefficient (Wildman–Crippen LogP) is 0.877. The van der Waals surface area contributed by atoms with Crippen LogP contribution in [0.25, 0.3) is 0 Å². The summed E-state index contributed by atoms with van der Waals surface area (Å²) in [5.74, 6) is -3.85. The van der Waals surface area contributed by atoms with Crippen molar-refractivity contribution >= 4 is 16.0 Å². The van der Waals surface area contributed by atoms with Crippen molar-refractivity contribution in [3.8, 4) is 0 Å². The summed E-state index contributed by atoms with van der Waals surface area (Å²) < 4.78 is 57.4. The Morgan fingerprint density at radius 3 is 2.38 bits per heavy atom. The second kappa shape index (κ2) is 5.66.